The van der Waals surface area contributed by atoms with Crippen LogP contribution in [-0.4, -0.2) is 44.0 Å². The van der Waals surface area contributed by atoms with Crippen molar-refractivity contribution in [1.29, 1.82) is 0 Å². The number of hydrogen-bond donors (Lipinski definition) is 1. The van der Waals surface area contributed by atoms with E-state index in [0.29, 0.717) is 24.8 Å². The molecule has 0 atom stereocenters. The molecule has 2 heterocycles. The van der Waals surface area contributed by atoms with Crippen molar-refractivity contribution in [2.75, 3.05) is 14.2 Å². The van der Waals surface area contributed by atoms with Crippen LogP contribution in [0.15, 0.2) is 53.3 Å². The number of tetrazole rings is 1. The number of aromatic amines is 1. The maximum Gasteiger partial charge on any atom is 0.329 e. The molecule has 9 nitrogen and oxygen atoms in total. The summed E-state index contributed by atoms with van der Waals surface area (Å²) in [7, 11) is 3.23. The molecule has 9 heteroatoms. The second-order valence-electron chi connectivity index (χ2n) is 9.58. The molecule has 2 aromatic carbocycles. The van der Waals surface area contributed by atoms with Crippen molar-refractivity contribution in [1.82, 2.24) is 29.8 Å². The minimum absolute atomic E-state index is 0.0260. The Labute approximate surface area is 217 Å². The summed E-state index contributed by atoms with van der Waals surface area (Å²) in [5.74, 6) is 1.13. The molecule has 0 spiro atoms. The maximum absolute atomic E-state index is 13.6. The molecule has 0 saturated carbocycles. The SMILES string of the molecule is CCCn1c(C(OC)OC)c(CCC(C)C)n(Cc2ccc(-c3ccccc3-c3nnn[nH]3)cc2)c1=O. The fraction of sp³-hybridized carbons (Fsp3) is 0.429. The summed E-state index contributed by atoms with van der Waals surface area (Å²) < 4.78 is 15.0. The highest BCUT2D eigenvalue weighted by Gasteiger charge is 2.26. The van der Waals surface area contributed by atoms with Gasteiger partial charge in [-0.2, -0.15) is 0 Å². The summed E-state index contributed by atoms with van der Waals surface area (Å²) >= 11 is 0. The molecule has 0 aliphatic heterocycles. The summed E-state index contributed by atoms with van der Waals surface area (Å²) in [6.07, 6.45) is 2.00. The van der Waals surface area contributed by atoms with Crippen LogP contribution >= 0.6 is 0 Å². The molecule has 0 aliphatic rings. The molecule has 0 fully saturated rings. The molecule has 196 valence electrons. The van der Waals surface area contributed by atoms with Crippen molar-refractivity contribution in [3.05, 3.63) is 76.0 Å². The molecule has 0 unspecified atom stereocenters. The van der Waals surface area contributed by atoms with Crippen molar-refractivity contribution >= 4 is 0 Å². The number of hydrogen-bond acceptors (Lipinski definition) is 6. The molecule has 4 aromatic rings. The van der Waals surface area contributed by atoms with E-state index in [-0.39, 0.29) is 5.69 Å². The second-order valence-corrected chi connectivity index (χ2v) is 9.58. The average molecular weight is 505 g/mol. The Morgan fingerprint density at radius 2 is 1.68 bits per heavy atom. The third kappa shape index (κ3) is 5.73. The summed E-state index contributed by atoms with van der Waals surface area (Å²) in [4.78, 5) is 13.6. The maximum atomic E-state index is 13.6. The van der Waals surface area contributed by atoms with Gasteiger partial charge in [-0.15, -0.1) is 5.10 Å². The van der Waals surface area contributed by atoms with Gasteiger partial charge in [-0.3, -0.25) is 9.13 Å². The van der Waals surface area contributed by atoms with Crippen LogP contribution in [0, 0.1) is 5.92 Å². The number of nitrogens with one attached hydrogen (secondary N) is 1. The van der Waals surface area contributed by atoms with Crippen molar-refractivity contribution in [2.24, 2.45) is 5.92 Å². The number of benzene rings is 2. The minimum Gasteiger partial charge on any atom is -0.350 e. The predicted molar refractivity (Wildman–Crippen MR) is 143 cm³/mol. The predicted octanol–water partition coefficient (Wildman–Crippen LogP) is 4.84. The third-order valence-corrected chi connectivity index (χ3v) is 6.56. The molecule has 2 aromatic heterocycles. The largest absolute Gasteiger partial charge is 0.350 e. The standard InChI is InChI=1S/C28H36N6O3/c1-6-17-33-25(27(36-4)37-5)24(16-11-19(2)3)34(28(33)35)18-20-12-14-21(15-13-20)22-9-7-8-10-23(22)26-29-31-32-30-26/h7-10,12-15,19,27H,6,11,16-18H2,1-5H3,(H,29,30,31,32). The number of imidazole rings is 1. The van der Waals surface area contributed by atoms with E-state index in [4.69, 9.17) is 9.47 Å². The highest BCUT2D eigenvalue weighted by Crippen LogP contribution is 2.30. The van der Waals surface area contributed by atoms with E-state index in [1.807, 2.05) is 33.4 Å². The lowest BCUT2D eigenvalue weighted by Crippen LogP contribution is -2.26. The van der Waals surface area contributed by atoms with Crippen LogP contribution in [0.4, 0.5) is 0 Å². The van der Waals surface area contributed by atoms with Gasteiger partial charge in [0, 0.05) is 32.0 Å². The van der Waals surface area contributed by atoms with Crippen molar-refractivity contribution in [2.45, 2.75) is 59.4 Å². The number of aromatic nitrogens is 6. The van der Waals surface area contributed by atoms with Gasteiger partial charge in [-0.1, -0.05) is 69.3 Å². The number of rotatable bonds is 12. The van der Waals surface area contributed by atoms with Gasteiger partial charge in [0.05, 0.1) is 12.2 Å². The summed E-state index contributed by atoms with van der Waals surface area (Å²) in [5, 5.41) is 14.3. The molecule has 0 saturated heterocycles. The van der Waals surface area contributed by atoms with Crippen molar-refractivity contribution in [3.8, 4) is 22.5 Å². The first-order valence-corrected chi connectivity index (χ1v) is 12.8. The van der Waals surface area contributed by atoms with Gasteiger partial charge in [0.25, 0.3) is 0 Å². The monoisotopic (exact) mass is 504 g/mol. The Hall–Kier alpha value is -3.56. The molecule has 0 radical (unpaired) electrons. The second kappa shape index (κ2) is 12.1. The van der Waals surface area contributed by atoms with Crippen LogP contribution < -0.4 is 5.69 Å². The molecular weight excluding hydrogens is 468 g/mol. The van der Waals surface area contributed by atoms with Crippen LogP contribution in [0.3, 0.4) is 0 Å². The fourth-order valence-corrected chi connectivity index (χ4v) is 4.72. The van der Waals surface area contributed by atoms with Crippen LogP contribution in [0.25, 0.3) is 22.5 Å². The van der Waals surface area contributed by atoms with Gasteiger partial charge in [0.15, 0.2) is 12.1 Å². The Bertz CT molecular complexity index is 1340. The quantitative estimate of drug-likeness (QED) is 0.277. The van der Waals surface area contributed by atoms with E-state index < -0.39 is 6.29 Å². The zero-order valence-electron chi connectivity index (χ0n) is 22.3. The van der Waals surface area contributed by atoms with Crippen LogP contribution in [0.2, 0.25) is 0 Å². The lowest BCUT2D eigenvalue weighted by atomic mass is 9.98. The summed E-state index contributed by atoms with van der Waals surface area (Å²) in [5.41, 5.74) is 5.83. The van der Waals surface area contributed by atoms with E-state index in [1.165, 1.54) is 0 Å². The molecule has 4 rings (SSSR count). The summed E-state index contributed by atoms with van der Waals surface area (Å²) in [6, 6.07) is 16.3. The first-order valence-electron chi connectivity index (χ1n) is 12.8. The zero-order valence-corrected chi connectivity index (χ0v) is 22.3. The smallest absolute Gasteiger partial charge is 0.329 e. The van der Waals surface area contributed by atoms with Gasteiger partial charge in [0.1, 0.15) is 0 Å². The van der Waals surface area contributed by atoms with Crippen LogP contribution in [-0.2, 0) is 29.0 Å². The van der Waals surface area contributed by atoms with Gasteiger partial charge < -0.3 is 9.47 Å². The first-order chi connectivity index (χ1) is 18.0. The number of methoxy groups -OCH3 is 2. The van der Waals surface area contributed by atoms with E-state index in [2.05, 4.69) is 65.7 Å². The first kappa shape index (κ1) is 26.5. The average Bonchev–Trinajstić information content (AvgIpc) is 3.53. The zero-order chi connectivity index (χ0) is 26.4. The summed E-state index contributed by atoms with van der Waals surface area (Å²) in [6.45, 7) is 7.55. The Morgan fingerprint density at radius 1 is 0.973 bits per heavy atom. The lowest BCUT2D eigenvalue weighted by Gasteiger charge is -2.18. The topological polar surface area (TPSA) is 99.8 Å². The van der Waals surface area contributed by atoms with E-state index in [1.54, 1.807) is 14.2 Å². The van der Waals surface area contributed by atoms with Gasteiger partial charge in [-0.05, 0) is 52.3 Å². The van der Waals surface area contributed by atoms with Gasteiger partial charge >= 0.3 is 5.69 Å². The molecular formula is C28H36N6O3. The van der Waals surface area contributed by atoms with Crippen LogP contribution in [0.5, 0.6) is 0 Å². The Morgan fingerprint density at radius 3 is 2.27 bits per heavy atom. The van der Waals surface area contributed by atoms with E-state index in [9.17, 15) is 4.79 Å². The van der Waals surface area contributed by atoms with E-state index in [0.717, 1.165) is 52.9 Å². The molecule has 37 heavy (non-hydrogen) atoms. The molecule has 0 amide bonds. The van der Waals surface area contributed by atoms with E-state index >= 15 is 0 Å². The third-order valence-electron chi connectivity index (χ3n) is 6.56. The van der Waals surface area contributed by atoms with Gasteiger partial charge in [0.2, 0.25) is 0 Å². The number of ether oxygens (including phenoxy) is 2. The number of nitrogens with zero attached hydrogens (tertiary/aromatic N) is 5. The Kier molecular flexibility index (Phi) is 8.68. The lowest BCUT2D eigenvalue weighted by molar-refractivity contribution is -0.111. The van der Waals surface area contributed by atoms with Crippen molar-refractivity contribution in [3.63, 3.8) is 0 Å². The molecule has 1 N–H and O–H groups in total. The molecule has 0 bridgehead atoms. The highest BCUT2D eigenvalue weighted by molar-refractivity contribution is 5.80. The minimum atomic E-state index is -0.591. The fourth-order valence-electron chi connectivity index (χ4n) is 4.72. The van der Waals surface area contributed by atoms with Gasteiger partial charge in [-0.25, -0.2) is 9.89 Å². The molecule has 0 aliphatic carbocycles. The number of H-pyrrole nitrogens is 1. The highest BCUT2D eigenvalue weighted by atomic mass is 16.7. The Balaban J connectivity index is 1.71. The van der Waals surface area contributed by atoms with Crippen LogP contribution in [0.1, 0.15) is 56.9 Å². The normalized spacial score (nSPS) is 11.6. The van der Waals surface area contributed by atoms with Crippen molar-refractivity contribution < 1.29 is 9.47 Å².